The largest absolute Gasteiger partial charge is 0.309 e. The lowest BCUT2D eigenvalue weighted by atomic mass is 9.81. The van der Waals surface area contributed by atoms with Gasteiger partial charge in [0.25, 0.3) is 0 Å². The molecule has 0 amide bonds. The van der Waals surface area contributed by atoms with Crippen molar-refractivity contribution < 1.29 is 0 Å². The molecule has 0 radical (unpaired) electrons. The monoisotopic (exact) mass is 694 g/mol. The Labute approximate surface area is 317 Å². The van der Waals surface area contributed by atoms with Crippen LogP contribution in [0.3, 0.4) is 0 Å². The summed E-state index contributed by atoms with van der Waals surface area (Å²) in [5, 5.41) is 5.11. The number of aryl methyl sites for hydroxylation is 3. The number of anilines is 3. The van der Waals surface area contributed by atoms with Crippen LogP contribution in [0.5, 0.6) is 0 Å². The molecule has 1 heterocycles. The van der Waals surface area contributed by atoms with Crippen LogP contribution in [0, 0.1) is 20.8 Å². The van der Waals surface area contributed by atoms with E-state index in [2.05, 4.69) is 208 Å². The van der Waals surface area contributed by atoms with E-state index >= 15 is 0 Å². The van der Waals surface area contributed by atoms with Crippen molar-refractivity contribution in [1.29, 1.82) is 0 Å². The van der Waals surface area contributed by atoms with Crippen LogP contribution in [-0.2, 0) is 5.41 Å². The maximum atomic E-state index is 2.49. The third kappa shape index (κ3) is 4.80. The molecule has 0 spiro atoms. The van der Waals surface area contributed by atoms with Crippen molar-refractivity contribution in [3.05, 3.63) is 192 Å². The van der Waals surface area contributed by atoms with Crippen LogP contribution in [0.4, 0.5) is 17.1 Å². The van der Waals surface area contributed by atoms with Gasteiger partial charge in [-0.3, -0.25) is 0 Å². The predicted octanol–water partition coefficient (Wildman–Crippen LogP) is 14.3. The minimum Gasteiger partial charge on any atom is -0.309 e. The van der Waals surface area contributed by atoms with Gasteiger partial charge in [0, 0.05) is 32.9 Å². The molecule has 1 aromatic heterocycles. The maximum Gasteiger partial charge on any atom is 0.0543 e. The minimum absolute atomic E-state index is 0.238. The molecular weight excluding hydrogens is 653 g/mol. The fourth-order valence-electron chi connectivity index (χ4n) is 9.23. The molecule has 1 aliphatic carbocycles. The fraction of sp³-hybridized carbons (Fsp3) is 0.115. The summed E-state index contributed by atoms with van der Waals surface area (Å²) >= 11 is 0. The van der Waals surface area contributed by atoms with Gasteiger partial charge in [-0.1, -0.05) is 129 Å². The number of hydrogen-bond acceptors (Lipinski definition) is 1. The van der Waals surface area contributed by atoms with Gasteiger partial charge in [-0.25, -0.2) is 0 Å². The Morgan fingerprint density at radius 3 is 1.87 bits per heavy atom. The number of hydrogen-bond donors (Lipinski definition) is 0. The van der Waals surface area contributed by atoms with Crippen LogP contribution in [-0.4, -0.2) is 4.57 Å². The van der Waals surface area contributed by atoms with Crippen molar-refractivity contribution in [3.8, 4) is 27.9 Å². The first-order valence-electron chi connectivity index (χ1n) is 19.0. The van der Waals surface area contributed by atoms with Gasteiger partial charge < -0.3 is 9.47 Å². The Morgan fingerprint density at radius 2 is 1.13 bits per heavy atom. The van der Waals surface area contributed by atoms with Crippen LogP contribution in [0.1, 0.15) is 41.7 Å². The fourth-order valence-corrected chi connectivity index (χ4v) is 9.23. The maximum absolute atomic E-state index is 2.49. The van der Waals surface area contributed by atoms with E-state index in [4.69, 9.17) is 0 Å². The van der Waals surface area contributed by atoms with Crippen LogP contribution in [0.2, 0.25) is 0 Å². The first-order valence-corrected chi connectivity index (χ1v) is 19.0. The molecule has 10 rings (SSSR count). The normalized spacial score (nSPS) is 13.1. The highest BCUT2D eigenvalue weighted by Gasteiger charge is 2.38. The van der Waals surface area contributed by atoms with Crippen molar-refractivity contribution >= 4 is 49.6 Å². The van der Waals surface area contributed by atoms with Gasteiger partial charge in [0.1, 0.15) is 0 Å². The number of fused-ring (bicyclic) bond motifs is 8. The zero-order valence-corrected chi connectivity index (χ0v) is 31.5. The highest BCUT2D eigenvalue weighted by atomic mass is 15.1. The molecule has 0 aliphatic heterocycles. The first-order chi connectivity index (χ1) is 26.3. The summed E-state index contributed by atoms with van der Waals surface area (Å²) in [7, 11) is 0. The number of para-hydroxylation sites is 2. The van der Waals surface area contributed by atoms with Crippen molar-refractivity contribution in [1.82, 2.24) is 4.57 Å². The third-order valence-corrected chi connectivity index (χ3v) is 11.8. The third-order valence-electron chi connectivity index (χ3n) is 11.8. The Bertz CT molecular complexity index is 2910. The van der Waals surface area contributed by atoms with E-state index in [-0.39, 0.29) is 5.41 Å². The molecule has 0 fully saturated rings. The summed E-state index contributed by atoms with van der Waals surface area (Å²) < 4.78 is 2.47. The number of aromatic nitrogens is 1. The quantitative estimate of drug-likeness (QED) is 0.174. The molecule has 2 nitrogen and oxygen atoms in total. The lowest BCUT2D eigenvalue weighted by Crippen LogP contribution is -2.18. The lowest BCUT2D eigenvalue weighted by molar-refractivity contribution is 0.660. The molecule has 0 unspecified atom stereocenters. The summed E-state index contributed by atoms with van der Waals surface area (Å²) in [4.78, 5) is 2.49. The van der Waals surface area contributed by atoms with E-state index in [1.807, 2.05) is 0 Å². The molecule has 9 aromatic rings. The van der Waals surface area contributed by atoms with Gasteiger partial charge in [0.15, 0.2) is 0 Å². The van der Waals surface area contributed by atoms with Crippen molar-refractivity contribution in [2.45, 2.75) is 40.0 Å². The van der Waals surface area contributed by atoms with Crippen LogP contribution in [0.25, 0.3) is 60.5 Å². The smallest absolute Gasteiger partial charge is 0.0543 e. The highest BCUT2D eigenvalue weighted by molar-refractivity contribution is 6.12. The van der Waals surface area contributed by atoms with Crippen LogP contribution in [0.15, 0.2) is 164 Å². The average Bonchev–Trinajstić information content (AvgIpc) is 3.63. The molecule has 1 aliphatic rings. The summed E-state index contributed by atoms with van der Waals surface area (Å²) in [6, 6.07) is 60.7. The summed E-state index contributed by atoms with van der Waals surface area (Å²) in [5.74, 6) is 0. The molecule has 0 saturated heterocycles. The molecule has 2 heteroatoms. The second-order valence-electron chi connectivity index (χ2n) is 15.6. The van der Waals surface area contributed by atoms with Crippen molar-refractivity contribution in [2.75, 3.05) is 4.90 Å². The van der Waals surface area contributed by atoms with E-state index in [1.54, 1.807) is 0 Å². The average molecular weight is 695 g/mol. The Morgan fingerprint density at radius 1 is 0.481 bits per heavy atom. The minimum atomic E-state index is -0.238. The van der Waals surface area contributed by atoms with Gasteiger partial charge in [-0.05, 0) is 125 Å². The van der Waals surface area contributed by atoms with Crippen molar-refractivity contribution in [2.24, 2.45) is 0 Å². The lowest BCUT2D eigenvalue weighted by Gasteiger charge is -2.31. The molecule has 0 atom stereocenters. The van der Waals surface area contributed by atoms with Gasteiger partial charge in [-0.2, -0.15) is 0 Å². The molecule has 260 valence electrons. The molecule has 0 bridgehead atoms. The van der Waals surface area contributed by atoms with Crippen LogP contribution >= 0.6 is 0 Å². The topological polar surface area (TPSA) is 8.17 Å². The highest BCUT2D eigenvalue weighted by Crippen LogP contribution is 2.55. The number of benzene rings is 8. The summed E-state index contributed by atoms with van der Waals surface area (Å²) in [5.41, 5.74) is 18.7. The second kappa shape index (κ2) is 12.1. The van der Waals surface area contributed by atoms with E-state index < -0.39 is 0 Å². The number of nitrogens with zero attached hydrogens (tertiary/aromatic N) is 2. The first kappa shape index (κ1) is 32.3. The van der Waals surface area contributed by atoms with Crippen LogP contribution < -0.4 is 4.90 Å². The van der Waals surface area contributed by atoms with E-state index in [9.17, 15) is 0 Å². The zero-order chi connectivity index (χ0) is 36.7. The van der Waals surface area contributed by atoms with Gasteiger partial charge in [-0.15, -0.1) is 0 Å². The van der Waals surface area contributed by atoms with E-state index in [0.717, 1.165) is 5.69 Å². The zero-order valence-electron chi connectivity index (χ0n) is 31.5. The van der Waals surface area contributed by atoms with Gasteiger partial charge in [0.05, 0.1) is 22.4 Å². The Balaban J connectivity index is 1.19. The van der Waals surface area contributed by atoms with Gasteiger partial charge >= 0.3 is 0 Å². The van der Waals surface area contributed by atoms with Gasteiger partial charge in [0.2, 0.25) is 0 Å². The SMILES string of the molecule is Cc1ccc2c(c1)c1cc(-c3ccccc3)ccc1n2-c1ccc2c(c1)C(C)(C)c1cc(N(c3ccccc3)c3c(C)cccc3C)c3ccccc3c1-2. The standard InChI is InChI=1S/C52H42N2/c1-33-23-27-47-43(29-33)44-30-37(36-17-8-6-9-18-36)24-28-48(44)53(47)39-25-26-42-45(31-39)52(4,5)46-32-49(40-21-12-13-22-41(40)50(42)46)54(38-19-10-7-11-20-38)51-34(2)15-14-16-35(51)3/h6-32H,1-5H3. The molecule has 0 N–H and O–H groups in total. The molecule has 0 saturated carbocycles. The molecule has 8 aromatic carbocycles. The van der Waals surface area contributed by atoms with E-state index in [0.29, 0.717) is 0 Å². The van der Waals surface area contributed by atoms with Crippen molar-refractivity contribution in [3.63, 3.8) is 0 Å². The Kier molecular flexibility index (Phi) is 7.22. The second-order valence-corrected chi connectivity index (χ2v) is 15.6. The Hall–Kier alpha value is -6.38. The predicted molar refractivity (Wildman–Crippen MR) is 230 cm³/mol. The van der Waals surface area contributed by atoms with E-state index in [1.165, 1.54) is 99.7 Å². The summed E-state index contributed by atoms with van der Waals surface area (Å²) in [6.07, 6.45) is 0. The summed E-state index contributed by atoms with van der Waals surface area (Å²) in [6.45, 7) is 11.5. The molecule has 54 heavy (non-hydrogen) atoms. The number of rotatable bonds is 5. The molecular formula is C52H42N2.